The van der Waals surface area contributed by atoms with Gasteiger partial charge in [-0.25, -0.2) is 0 Å². The zero-order valence-corrected chi connectivity index (χ0v) is 30.3. The minimum absolute atomic E-state index is 0. The molecule has 0 spiro atoms. The molecule has 1 radical (unpaired) electrons. The molecule has 0 saturated carbocycles. The van der Waals surface area contributed by atoms with E-state index in [1.807, 2.05) is 0 Å². The van der Waals surface area contributed by atoms with E-state index in [-0.39, 0.29) is 35.4 Å². The molecule has 2 heterocycles. The Morgan fingerprint density at radius 3 is 2.15 bits per heavy atom. The van der Waals surface area contributed by atoms with Crippen molar-refractivity contribution < 1.29 is 34.0 Å². The van der Waals surface area contributed by atoms with Crippen molar-refractivity contribution in [3.63, 3.8) is 0 Å². The molecule has 0 aromatic carbocycles. The Morgan fingerprint density at radius 1 is 0.850 bits per heavy atom. The molecule has 241 valence electrons. The minimum atomic E-state index is -0.816. The van der Waals surface area contributed by atoms with Crippen LogP contribution in [0.25, 0.3) is 0 Å². The van der Waals surface area contributed by atoms with Crippen molar-refractivity contribution in [3.8, 4) is 0 Å². The molecule has 2 aliphatic heterocycles. The molecule has 2 saturated heterocycles. The van der Waals surface area contributed by atoms with E-state index in [0.29, 0.717) is 0 Å². The van der Waals surface area contributed by atoms with Crippen LogP contribution in [0.1, 0.15) is 90.9 Å². The van der Waals surface area contributed by atoms with Crippen LogP contribution in [0.3, 0.4) is 0 Å². The van der Waals surface area contributed by atoms with Crippen LogP contribution in [0.4, 0.5) is 0 Å². The molecule has 0 amide bonds. The maximum atomic E-state index is 7.30. The maximum absolute atomic E-state index is 7.30. The molecule has 5 unspecified atom stereocenters. The first-order valence-electron chi connectivity index (χ1n) is 16.1. The number of fused-ring (bicyclic) bond motifs is 3. The quantitative estimate of drug-likeness (QED) is 0.101. The summed E-state index contributed by atoms with van der Waals surface area (Å²) in [4.78, 5) is 7.41. The van der Waals surface area contributed by atoms with Gasteiger partial charge < -0.3 is 32.0 Å². The van der Waals surface area contributed by atoms with Crippen molar-refractivity contribution in [2.75, 3.05) is 87.1 Å². The molecule has 40 heavy (non-hydrogen) atoms. The number of unbranched alkanes of at least 4 members (excludes halogenated alkanes) is 5. The number of hydrogen-bond acceptors (Lipinski definition) is 4. The van der Waals surface area contributed by atoms with Crippen LogP contribution in [-0.4, -0.2) is 117 Å². The number of likely N-dealkylation sites (N-methyl/N-ethyl adjacent to an activating group) is 1. The largest absolute Gasteiger partial charge is 1.00 e. The van der Waals surface area contributed by atoms with E-state index in [1.54, 1.807) is 0 Å². The van der Waals surface area contributed by atoms with E-state index >= 15 is 0 Å². The Kier molecular flexibility index (Phi) is 22.5. The van der Waals surface area contributed by atoms with Crippen LogP contribution in [0.15, 0.2) is 0 Å². The molecule has 5 nitrogen and oxygen atoms in total. The van der Waals surface area contributed by atoms with Gasteiger partial charge >= 0.3 is 0 Å². The summed E-state index contributed by atoms with van der Waals surface area (Å²) in [5.74, 6) is 1.06. The van der Waals surface area contributed by atoms with Crippen molar-refractivity contribution in [1.82, 2.24) is 20.0 Å². The predicted molar refractivity (Wildman–Crippen MR) is 168 cm³/mol. The van der Waals surface area contributed by atoms with E-state index in [0.717, 1.165) is 81.8 Å². The standard InChI is InChI=1S/C31H64Cl2N5.ClH.Mn/c1-7-9-10-11-12-16-28(30(8-2)38(4,5)6)17-13-14-18-29-27-34-19-22-36-21-15-20-35(3)23-25-37(26-24-36)31(29,32)33;;/h28-30,34H,7-27H2,1-6H3;1H;/q+1;;/p-1. The van der Waals surface area contributed by atoms with Gasteiger partial charge in [0.25, 0.3) is 0 Å². The Labute approximate surface area is 276 Å². The smallest absolute Gasteiger partial charge is 0.175 e. The molecule has 1 N–H and O–H groups in total. The second-order valence-electron chi connectivity index (χ2n) is 13.3. The van der Waals surface area contributed by atoms with Crippen LogP contribution in [0, 0.1) is 11.8 Å². The number of nitrogens with one attached hydrogen (secondary N) is 1. The van der Waals surface area contributed by atoms with E-state index in [1.165, 1.54) is 70.6 Å². The molecule has 2 aliphatic rings. The topological polar surface area (TPSA) is 21.8 Å². The summed E-state index contributed by atoms with van der Waals surface area (Å²) in [7, 11) is 9.42. The van der Waals surface area contributed by atoms with Crippen LogP contribution in [-0.2, 0) is 17.1 Å². The van der Waals surface area contributed by atoms with Gasteiger partial charge in [0.15, 0.2) is 4.46 Å². The minimum Gasteiger partial charge on any atom is -1.00 e. The first-order valence-corrected chi connectivity index (χ1v) is 16.9. The average molecular weight is 668 g/mol. The summed E-state index contributed by atoms with van der Waals surface area (Å²) in [6, 6.07) is 0.741. The van der Waals surface area contributed by atoms with Crippen LogP contribution >= 0.6 is 23.2 Å². The Morgan fingerprint density at radius 2 is 1.50 bits per heavy atom. The number of quaternary nitrogens is 1. The van der Waals surface area contributed by atoms with Gasteiger partial charge in [-0.15, -0.1) is 0 Å². The Balaban J connectivity index is 0.00000760. The summed E-state index contributed by atoms with van der Waals surface area (Å²) in [6.45, 7) is 14.0. The summed E-state index contributed by atoms with van der Waals surface area (Å²) in [5, 5.41) is 3.73. The van der Waals surface area contributed by atoms with Gasteiger partial charge in [-0.2, -0.15) is 0 Å². The molecular weight excluding hydrogens is 604 g/mol. The second-order valence-corrected chi connectivity index (χ2v) is 14.7. The van der Waals surface area contributed by atoms with Crippen molar-refractivity contribution in [2.24, 2.45) is 11.8 Å². The van der Waals surface area contributed by atoms with Crippen LogP contribution in [0.2, 0.25) is 0 Å². The van der Waals surface area contributed by atoms with Crippen molar-refractivity contribution in [3.05, 3.63) is 0 Å². The number of nitrogens with zero attached hydrogens (tertiary/aromatic N) is 4. The molecule has 2 rings (SSSR count). The Hall–Kier alpha value is 1.19. The van der Waals surface area contributed by atoms with Gasteiger partial charge in [0.05, 0.1) is 27.2 Å². The van der Waals surface area contributed by atoms with Crippen LogP contribution in [0.5, 0.6) is 0 Å². The third-order valence-corrected chi connectivity index (χ3v) is 10.5. The summed E-state index contributed by atoms with van der Waals surface area (Å²) >= 11 is 14.6. The second kappa shape index (κ2) is 21.8. The Bertz CT molecular complexity index is 622. The van der Waals surface area contributed by atoms with Crippen LogP contribution < -0.4 is 17.7 Å². The van der Waals surface area contributed by atoms with E-state index < -0.39 is 4.46 Å². The molecule has 0 aliphatic carbocycles. The summed E-state index contributed by atoms with van der Waals surface area (Å²) in [6.07, 6.45) is 15.7. The van der Waals surface area contributed by atoms with Gasteiger partial charge in [-0.1, -0.05) is 82.0 Å². The van der Waals surface area contributed by atoms with Gasteiger partial charge in [0, 0.05) is 74.7 Å². The molecule has 0 aromatic heterocycles. The number of alkyl halides is 2. The predicted octanol–water partition coefficient (Wildman–Crippen LogP) is 3.30. The number of hydrogen-bond donors (Lipinski definition) is 1. The van der Waals surface area contributed by atoms with Gasteiger partial charge in [0.1, 0.15) is 0 Å². The molecule has 9 heteroatoms. The maximum Gasteiger partial charge on any atom is 0.175 e. The third kappa shape index (κ3) is 14.8. The SMILES string of the molecule is CCCCCCCC(CCCCC1CNCCN2CCCN(C)CCN(CC2)C1(Cl)Cl)C(CC)[N+](C)(C)C.[Cl-].[Mn]. The molecular formula is C31H64Cl3MnN5. The number of rotatable bonds is 14. The molecule has 2 fully saturated rings. The third-order valence-electron chi connectivity index (χ3n) is 9.37. The van der Waals surface area contributed by atoms with E-state index in [9.17, 15) is 0 Å². The fourth-order valence-corrected chi connectivity index (χ4v) is 7.71. The zero-order valence-electron chi connectivity index (χ0n) is 26.9. The van der Waals surface area contributed by atoms with Crippen molar-refractivity contribution in [1.29, 1.82) is 0 Å². The number of halogens is 3. The average Bonchev–Trinajstić information content (AvgIpc) is 2.85. The molecule has 0 aromatic rings. The fraction of sp³-hybridized carbons (Fsp3) is 1.00. The molecule has 5 atom stereocenters. The van der Waals surface area contributed by atoms with Gasteiger partial charge in [0.2, 0.25) is 0 Å². The van der Waals surface area contributed by atoms with Crippen molar-refractivity contribution in [2.45, 2.75) is 101 Å². The van der Waals surface area contributed by atoms with Gasteiger partial charge in [-0.3, -0.25) is 4.90 Å². The fourth-order valence-electron chi connectivity index (χ4n) is 7.00. The first-order chi connectivity index (χ1) is 18.1. The monoisotopic (exact) mass is 666 g/mol. The van der Waals surface area contributed by atoms with E-state index in [4.69, 9.17) is 23.2 Å². The summed E-state index contributed by atoms with van der Waals surface area (Å²) in [5.41, 5.74) is 0. The molecule has 2 bridgehead atoms. The summed E-state index contributed by atoms with van der Waals surface area (Å²) < 4.78 is 0.262. The normalized spacial score (nSPS) is 26.2. The van der Waals surface area contributed by atoms with E-state index in [2.05, 4.69) is 62.1 Å². The van der Waals surface area contributed by atoms with Crippen molar-refractivity contribution >= 4 is 23.2 Å². The first kappa shape index (κ1) is 41.2. The zero-order chi connectivity index (χ0) is 28.0. The van der Waals surface area contributed by atoms with Gasteiger partial charge in [-0.05, 0) is 52.2 Å².